The van der Waals surface area contributed by atoms with E-state index in [4.69, 9.17) is 0 Å². The lowest BCUT2D eigenvalue weighted by atomic mass is 10.2. The van der Waals surface area contributed by atoms with E-state index in [1.807, 2.05) is 49.4 Å². The highest BCUT2D eigenvalue weighted by molar-refractivity contribution is 7.83. The van der Waals surface area contributed by atoms with Gasteiger partial charge in [0.2, 0.25) is 0 Å². The quantitative estimate of drug-likeness (QED) is 0.562. The molecule has 17 heavy (non-hydrogen) atoms. The van der Waals surface area contributed by atoms with E-state index in [1.54, 1.807) is 0 Å². The van der Waals surface area contributed by atoms with E-state index < -0.39 is 0 Å². The Morgan fingerprint density at radius 2 is 1.35 bits per heavy atom. The summed E-state index contributed by atoms with van der Waals surface area (Å²) in [5.74, 6) is 0. The molecule has 0 heterocycles. The number of benzene rings is 2. The molecule has 0 radical (unpaired) electrons. The van der Waals surface area contributed by atoms with E-state index >= 15 is 0 Å². The van der Waals surface area contributed by atoms with Gasteiger partial charge in [-0.25, -0.2) is 0 Å². The zero-order valence-electron chi connectivity index (χ0n) is 9.33. The van der Waals surface area contributed by atoms with E-state index in [-0.39, 0.29) is 0 Å². The molecule has 0 aliphatic heterocycles. The first kappa shape index (κ1) is 12.2. The van der Waals surface area contributed by atoms with Crippen LogP contribution in [0.4, 0.5) is 11.4 Å². The maximum atomic E-state index is 4.28. The fraction of sp³-hybridized carbons (Fsp3) is 0.0769. The average molecular weight is 260 g/mol. The Bertz CT molecular complexity index is 548. The number of hydrogen-bond acceptors (Lipinski definition) is 4. The number of nitrogens with zero attached hydrogens (tertiary/aromatic N) is 2. The molecule has 2 aromatic carbocycles. The minimum absolute atomic E-state index is 0.772. The van der Waals surface area contributed by atoms with Crippen LogP contribution in [-0.4, -0.2) is 0 Å². The Kier molecular flexibility index (Phi) is 3.86. The maximum absolute atomic E-state index is 4.28. The third-order valence-corrected chi connectivity index (χ3v) is 3.21. The molecule has 2 nitrogen and oxygen atoms in total. The third kappa shape index (κ3) is 3.35. The first-order valence-corrected chi connectivity index (χ1v) is 6.05. The van der Waals surface area contributed by atoms with Gasteiger partial charge in [-0.05, 0) is 37.3 Å². The minimum Gasteiger partial charge on any atom is -0.151 e. The van der Waals surface area contributed by atoms with Crippen LogP contribution in [0.15, 0.2) is 62.5 Å². The molecule has 2 aromatic rings. The average Bonchev–Trinajstić information content (AvgIpc) is 2.33. The van der Waals surface area contributed by atoms with Gasteiger partial charge in [-0.2, -0.15) is 10.2 Å². The largest absolute Gasteiger partial charge is 0.151 e. The van der Waals surface area contributed by atoms with Gasteiger partial charge in [0, 0.05) is 9.79 Å². The van der Waals surface area contributed by atoms with E-state index in [1.165, 1.54) is 5.56 Å². The highest BCUT2D eigenvalue weighted by atomic mass is 32.1. The van der Waals surface area contributed by atoms with Gasteiger partial charge < -0.3 is 0 Å². The molecule has 0 aromatic heterocycles. The van der Waals surface area contributed by atoms with Gasteiger partial charge in [0.25, 0.3) is 0 Å². The van der Waals surface area contributed by atoms with Crippen LogP contribution in [-0.2, 0) is 0 Å². The third-order valence-electron chi connectivity index (χ3n) is 2.27. The summed E-state index contributed by atoms with van der Waals surface area (Å²) in [6, 6.07) is 13.4. The van der Waals surface area contributed by atoms with Crippen molar-refractivity contribution in [2.75, 3.05) is 0 Å². The first-order valence-electron chi connectivity index (χ1n) is 5.15. The van der Waals surface area contributed by atoms with Crippen molar-refractivity contribution in [3.05, 3.63) is 48.0 Å². The van der Waals surface area contributed by atoms with Crippen LogP contribution in [0.5, 0.6) is 0 Å². The number of thiol groups is 2. The second-order valence-corrected chi connectivity index (χ2v) is 4.67. The van der Waals surface area contributed by atoms with Crippen LogP contribution < -0.4 is 0 Å². The van der Waals surface area contributed by atoms with Crippen molar-refractivity contribution in [3.63, 3.8) is 0 Å². The Hall–Kier alpha value is -1.26. The molecular weight excluding hydrogens is 248 g/mol. The van der Waals surface area contributed by atoms with Crippen LogP contribution in [0.3, 0.4) is 0 Å². The van der Waals surface area contributed by atoms with Crippen molar-refractivity contribution >= 4 is 36.6 Å². The van der Waals surface area contributed by atoms with Gasteiger partial charge in [0.15, 0.2) is 0 Å². The molecule has 0 saturated carbocycles. The van der Waals surface area contributed by atoms with Crippen molar-refractivity contribution in [3.8, 4) is 0 Å². The van der Waals surface area contributed by atoms with Gasteiger partial charge in [0.1, 0.15) is 0 Å². The SMILES string of the molecule is Cc1ccc(N=Nc2ccc(S)c(S)c2)cc1. The summed E-state index contributed by atoms with van der Waals surface area (Å²) >= 11 is 8.53. The lowest BCUT2D eigenvalue weighted by molar-refractivity contribution is 1.18. The van der Waals surface area contributed by atoms with Gasteiger partial charge >= 0.3 is 0 Å². The molecule has 86 valence electrons. The zero-order chi connectivity index (χ0) is 12.3. The summed E-state index contributed by atoms with van der Waals surface area (Å²) in [7, 11) is 0. The highest BCUT2D eigenvalue weighted by Crippen LogP contribution is 2.25. The van der Waals surface area contributed by atoms with Gasteiger partial charge in [0.05, 0.1) is 11.4 Å². The molecule has 0 bridgehead atoms. The Balaban J connectivity index is 2.20. The highest BCUT2D eigenvalue weighted by Gasteiger charge is 1.96. The standard InChI is InChI=1S/C13H12N2S2/c1-9-2-4-10(5-3-9)14-15-11-6-7-12(16)13(17)8-11/h2-8,16-17H,1H3. The number of hydrogen-bond donors (Lipinski definition) is 2. The van der Waals surface area contributed by atoms with Crippen molar-refractivity contribution in [1.29, 1.82) is 0 Å². The second kappa shape index (κ2) is 5.38. The molecule has 0 unspecified atom stereocenters. The fourth-order valence-electron chi connectivity index (χ4n) is 1.30. The van der Waals surface area contributed by atoms with Crippen LogP contribution in [0.1, 0.15) is 5.56 Å². The number of rotatable bonds is 2. The fourth-order valence-corrected chi connectivity index (χ4v) is 1.65. The molecule has 0 saturated heterocycles. The van der Waals surface area contributed by atoms with E-state index in [2.05, 4.69) is 35.5 Å². The predicted octanol–water partition coefficient (Wildman–Crippen LogP) is 4.99. The first-order chi connectivity index (χ1) is 8.15. The van der Waals surface area contributed by atoms with Gasteiger partial charge in [-0.15, -0.1) is 25.3 Å². The van der Waals surface area contributed by atoms with Crippen molar-refractivity contribution in [1.82, 2.24) is 0 Å². The minimum atomic E-state index is 0.772. The van der Waals surface area contributed by atoms with Gasteiger partial charge in [-0.1, -0.05) is 17.7 Å². The monoisotopic (exact) mass is 260 g/mol. The molecule has 0 amide bonds. The second-order valence-electron chi connectivity index (χ2n) is 3.71. The molecule has 0 spiro atoms. The Labute approximate surface area is 112 Å². The molecule has 0 atom stereocenters. The number of aryl methyl sites for hydroxylation is 1. The van der Waals surface area contributed by atoms with Crippen LogP contribution in [0, 0.1) is 6.92 Å². The summed E-state index contributed by atoms with van der Waals surface area (Å²) in [5, 5.41) is 8.30. The van der Waals surface area contributed by atoms with Crippen LogP contribution in [0.25, 0.3) is 0 Å². The summed E-state index contributed by atoms with van der Waals surface area (Å²) in [6.45, 7) is 2.04. The van der Waals surface area contributed by atoms with Crippen LogP contribution >= 0.6 is 25.3 Å². The van der Waals surface area contributed by atoms with Crippen molar-refractivity contribution < 1.29 is 0 Å². The lowest BCUT2D eigenvalue weighted by Crippen LogP contribution is -1.71. The summed E-state index contributed by atoms with van der Waals surface area (Å²) in [6.07, 6.45) is 0. The van der Waals surface area contributed by atoms with E-state index in [9.17, 15) is 0 Å². The molecule has 0 aliphatic rings. The lowest BCUT2D eigenvalue weighted by Gasteiger charge is -1.98. The molecule has 0 fully saturated rings. The van der Waals surface area contributed by atoms with Crippen molar-refractivity contribution in [2.24, 2.45) is 10.2 Å². The molecule has 0 N–H and O–H groups in total. The molecule has 4 heteroatoms. The van der Waals surface area contributed by atoms with Crippen molar-refractivity contribution in [2.45, 2.75) is 16.7 Å². The summed E-state index contributed by atoms with van der Waals surface area (Å²) in [4.78, 5) is 1.64. The molecular formula is C13H12N2S2. The smallest absolute Gasteiger partial charge is 0.0868 e. The van der Waals surface area contributed by atoms with Crippen LogP contribution in [0.2, 0.25) is 0 Å². The van der Waals surface area contributed by atoms with E-state index in [0.29, 0.717) is 0 Å². The zero-order valence-corrected chi connectivity index (χ0v) is 11.1. The van der Waals surface area contributed by atoms with Gasteiger partial charge in [-0.3, -0.25) is 0 Å². The topological polar surface area (TPSA) is 24.7 Å². The maximum Gasteiger partial charge on any atom is 0.0868 e. The van der Waals surface area contributed by atoms with E-state index in [0.717, 1.165) is 21.2 Å². The number of azo groups is 1. The summed E-state index contributed by atoms with van der Waals surface area (Å²) in [5.41, 5.74) is 2.82. The Morgan fingerprint density at radius 3 is 2.00 bits per heavy atom. The molecule has 2 rings (SSSR count). The predicted molar refractivity (Wildman–Crippen MR) is 76.3 cm³/mol. The summed E-state index contributed by atoms with van der Waals surface area (Å²) < 4.78 is 0. The molecule has 0 aliphatic carbocycles. The Morgan fingerprint density at radius 1 is 0.765 bits per heavy atom. The normalized spacial score (nSPS) is 11.0.